The predicted molar refractivity (Wildman–Crippen MR) is 54.7 cm³/mol. The van der Waals surface area contributed by atoms with Crippen LogP contribution in [-0.2, 0) is 6.54 Å². The van der Waals surface area contributed by atoms with Gasteiger partial charge in [-0.05, 0) is 20.9 Å². The van der Waals surface area contributed by atoms with Crippen molar-refractivity contribution in [1.82, 2.24) is 14.5 Å². The lowest BCUT2D eigenvalue weighted by Crippen LogP contribution is -2.30. The second kappa shape index (κ2) is 4.77. The number of aromatic nitrogens is 2. The molecule has 0 spiro atoms. The lowest BCUT2D eigenvalue weighted by Gasteiger charge is -2.19. The number of nitrogens with zero attached hydrogens (tertiary/aromatic N) is 4. The Labute approximate surface area is 84.8 Å². The van der Waals surface area contributed by atoms with Gasteiger partial charge in [-0.3, -0.25) is 4.90 Å². The van der Waals surface area contributed by atoms with E-state index in [2.05, 4.69) is 15.6 Å². The first-order valence-electron chi connectivity index (χ1n) is 4.72. The standard InChI is InChI=1S/C10H16N4/c1-9(8-11)13(3)6-7-14-5-4-12-10(14)2/h4-5,9H,6-7H2,1-3H3. The Morgan fingerprint density at radius 3 is 2.93 bits per heavy atom. The second-order valence-corrected chi connectivity index (χ2v) is 3.45. The Bertz CT molecular complexity index is 323. The molecule has 0 fully saturated rings. The first-order chi connectivity index (χ1) is 6.65. The van der Waals surface area contributed by atoms with E-state index in [0.717, 1.165) is 18.9 Å². The van der Waals surface area contributed by atoms with Gasteiger partial charge in [-0.15, -0.1) is 0 Å². The molecule has 0 bridgehead atoms. The van der Waals surface area contributed by atoms with E-state index in [9.17, 15) is 0 Å². The minimum absolute atomic E-state index is 0.0289. The normalized spacial score (nSPS) is 12.8. The van der Waals surface area contributed by atoms with Crippen molar-refractivity contribution in [1.29, 1.82) is 5.26 Å². The van der Waals surface area contributed by atoms with Crippen LogP contribution in [0.3, 0.4) is 0 Å². The van der Waals surface area contributed by atoms with Gasteiger partial charge in [0.2, 0.25) is 0 Å². The number of hydrogen-bond acceptors (Lipinski definition) is 3. The molecule has 0 N–H and O–H groups in total. The van der Waals surface area contributed by atoms with Crippen LogP contribution in [0.15, 0.2) is 12.4 Å². The van der Waals surface area contributed by atoms with Crippen molar-refractivity contribution in [2.24, 2.45) is 0 Å². The summed E-state index contributed by atoms with van der Waals surface area (Å²) >= 11 is 0. The van der Waals surface area contributed by atoms with Gasteiger partial charge in [0.1, 0.15) is 5.82 Å². The van der Waals surface area contributed by atoms with Crippen molar-refractivity contribution in [3.8, 4) is 6.07 Å². The molecule has 0 aromatic carbocycles. The van der Waals surface area contributed by atoms with E-state index in [0.29, 0.717) is 0 Å². The van der Waals surface area contributed by atoms with Crippen molar-refractivity contribution < 1.29 is 0 Å². The molecule has 0 aliphatic rings. The number of imidazole rings is 1. The van der Waals surface area contributed by atoms with Crippen LogP contribution >= 0.6 is 0 Å². The topological polar surface area (TPSA) is 44.9 Å². The zero-order valence-corrected chi connectivity index (χ0v) is 8.94. The smallest absolute Gasteiger partial charge is 0.105 e. The van der Waals surface area contributed by atoms with E-state index in [1.165, 1.54) is 0 Å². The van der Waals surface area contributed by atoms with Crippen LogP contribution in [0.1, 0.15) is 12.7 Å². The third kappa shape index (κ3) is 2.57. The zero-order chi connectivity index (χ0) is 10.6. The zero-order valence-electron chi connectivity index (χ0n) is 8.94. The van der Waals surface area contributed by atoms with E-state index in [1.54, 1.807) is 6.20 Å². The summed E-state index contributed by atoms with van der Waals surface area (Å²) in [6, 6.07) is 2.18. The molecule has 1 heterocycles. The number of hydrogen-bond donors (Lipinski definition) is 0. The SMILES string of the molecule is Cc1nccn1CCN(C)C(C)C#N. The Kier molecular flexibility index (Phi) is 3.66. The molecule has 0 saturated carbocycles. The highest BCUT2D eigenvalue weighted by atomic mass is 15.2. The maximum absolute atomic E-state index is 8.71. The number of likely N-dealkylation sites (N-methyl/N-ethyl adjacent to an activating group) is 1. The highest BCUT2D eigenvalue weighted by molar-refractivity contribution is 4.90. The predicted octanol–water partition coefficient (Wildman–Crippen LogP) is 1.04. The Hall–Kier alpha value is -1.34. The lowest BCUT2D eigenvalue weighted by molar-refractivity contribution is 0.288. The molecule has 0 amide bonds. The van der Waals surface area contributed by atoms with Gasteiger partial charge >= 0.3 is 0 Å². The van der Waals surface area contributed by atoms with Gasteiger partial charge in [0.05, 0.1) is 12.1 Å². The summed E-state index contributed by atoms with van der Waals surface area (Å²) in [5.74, 6) is 1.02. The fourth-order valence-corrected chi connectivity index (χ4v) is 1.20. The Morgan fingerprint density at radius 2 is 2.43 bits per heavy atom. The van der Waals surface area contributed by atoms with Gasteiger partial charge < -0.3 is 4.57 Å². The van der Waals surface area contributed by atoms with Crippen molar-refractivity contribution in [3.05, 3.63) is 18.2 Å². The van der Waals surface area contributed by atoms with E-state index in [-0.39, 0.29) is 6.04 Å². The average molecular weight is 192 g/mol. The molecule has 0 aliphatic heterocycles. The van der Waals surface area contributed by atoms with E-state index in [4.69, 9.17) is 5.26 Å². The molecule has 14 heavy (non-hydrogen) atoms. The van der Waals surface area contributed by atoms with Crippen LogP contribution < -0.4 is 0 Å². The third-order valence-corrected chi connectivity index (χ3v) is 2.47. The average Bonchev–Trinajstić information content (AvgIpc) is 2.59. The van der Waals surface area contributed by atoms with Crippen LogP contribution in [-0.4, -0.2) is 34.1 Å². The van der Waals surface area contributed by atoms with E-state index < -0.39 is 0 Å². The minimum Gasteiger partial charge on any atom is -0.334 e. The van der Waals surface area contributed by atoms with Gasteiger partial charge in [-0.1, -0.05) is 0 Å². The second-order valence-electron chi connectivity index (χ2n) is 3.45. The molecule has 4 nitrogen and oxygen atoms in total. The van der Waals surface area contributed by atoms with Crippen LogP contribution in [0.2, 0.25) is 0 Å². The molecular formula is C10H16N4. The molecule has 4 heteroatoms. The van der Waals surface area contributed by atoms with Crippen molar-refractivity contribution in [2.45, 2.75) is 26.4 Å². The summed E-state index contributed by atoms with van der Waals surface area (Å²) in [6.45, 7) is 5.63. The molecule has 1 aromatic rings. The van der Waals surface area contributed by atoms with Gasteiger partial charge in [0, 0.05) is 25.5 Å². The summed E-state index contributed by atoms with van der Waals surface area (Å²) < 4.78 is 2.08. The quantitative estimate of drug-likeness (QED) is 0.716. The highest BCUT2D eigenvalue weighted by Gasteiger charge is 2.07. The Balaban J connectivity index is 2.42. The number of nitriles is 1. The fraction of sp³-hybridized carbons (Fsp3) is 0.600. The minimum atomic E-state index is -0.0289. The Morgan fingerprint density at radius 1 is 1.71 bits per heavy atom. The third-order valence-electron chi connectivity index (χ3n) is 2.47. The lowest BCUT2D eigenvalue weighted by atomic mass is 10.3. The van der Waals surface area contributed by atoms with Crippen LogP contribution in [0.5, 0.6) is 0 Å². The fourth-order valence-electron chi connectivity index (χ4n) is 1.20. The monoisotopic (exact) mass is 192 g/mol. The summed E-state index contributed by atoms with van der Waals surface area (Å²) in [5.41, 5.74) is 0. The van der Waals surface area contributed by atoms with Crippen molar-refractivity contribution in [2.75, 3.05) is 13.6 Å². The molecule has 0 radical (unpaired) electrons. The summed E-state index contributed by atoms with van der Waals surface area (Å²) in [7, 11) is 1.96. The molecule has 1 atom stereocenters. The van der Waals surface area contributed by atoms with Gasteiger partial charge in [0.25, 0.3) is 0 Å². The highest BCUT2D eigenvalue weighted by Crippen LogP contribution is 1.98. The molecule has 0 saturated heterocycles. The van der Waals surface area contributed by atoms with Crippen LogP contribution in [0.4, 0.5) is 0 Å². The molecule has 0 aliphatic carbocycles. The van der Waals surface area contributed by atoms with Gasteiger partial charge in [-0.2, -0.15) is 5.26 Å². The molecule has 76 valence electrons. The first-order valence-corrected chi connectivity index (χ1v) is 4.72. The van der Waals surface area contributed by atoms with Gasteiger partial charge in [0.15, 0.2) is 0 Å². The maximum atomic E-state index is 8.71. The van der Waals surface area contributed by atoms with E-state index >= 15 is 0 Å². The van der Waals surface area contributed by atoms with Crippen LogP contribution in [0.25, 0.3) is 0 Å². The van der Waals surface area contributed by atoms with Gasteiger partial charge in [-0.25, -0.2) is 4.98 Å². The molecule has 1 aromatic heterocycles. The summed E-state index contributed by atoms with van der Waals surface area (Å²) in [4.78, 5) is 6.17. The molecular weight excluding hydrogens is 176 g/mol. The first kappa shape index (κ1) is 10.7. The number of aryl methyl sites for hydroxylation is 1. The van der Waals surface area contributed by atoms with Crippen molar-refractivity contribution in [3.63, 3.8) is 0 Å². The molecule has 1 unspecified atom stereocenters. The van der Waals surface area contributed by atoms with E-state index in [1.807, 2.05) is 32.0 Å². The van der Waals surface area contributed by atoms with Crippen LogP contribution in [0, 0.1) is 18.3 Å². The number of rotatable bonds is 4. The molecule has 1 rings (SSSR count). The summed E-state index contributed by atoms with van der Waals surface area (Å²) in [6.07, 6.45) is 3.75. The van der Waals surface area contributed by atoms with Crippen molar-refractivity contribution >= 4 is 0 Å². The maximum Gasteiger partial charge on any atom is 0.105 e. The largest absolute Gasteiger partial charge is 0.334 e. The summed E-state index contributed by atoms with van der Waals surface area (Å²) in [5, 5.41) is 8.71.